The van der Waals surface area contributed by atoms with Gasteiger partial charge in [-0.25, -0.2) is 9.07 Å². The molecule has 0 radical (unpaired) electrons. The van der Waals surface area contributed by atoms with Gasteiger partial charge in [0.2, 0.25) is 5.82 Å². The Morgan fingerprint density at radius 1 is 1.13 bits per heavy atom. The summed E-state index contributed by atoms with van der Waals surface area (Å²) in [6.07, 6.45) is 5.92. The number of aromatic nitrogens is 4. The van der Waals surface area contributed by atoms with Gasteiger partial charge in [0.1, 0.15) is 5.82 Å². The average molecular weight is 425 g/mol. The SMILES string of the molecule is O=C(c1ccco1)N1CC[NH+]([C@@H](c2ccccc2F)c2nnnn2C2CCCC2)CC1. The smallest absolute Gasteiger partial charge is 0.289 e. The van der Waals surface area contributed by atoms with E-state index in [-0.39, 0.29) is 23.8 Å². The third-order valence-corrected chi connectivity index (χ3v) is 6.50. The number of quaternary nitrogens is 1. The molecule has 8 nitrogen and oxygen atoms in total. The summed E-state index contributed by atoms with van der Waals surface area (Å²) in [5.41, 5.74) is 0.595. The monoisotopic (exact) mass is 425 g/mol. The van der Waals surface area contributed by atoms with Crippen molar-refractivity contribution in [2.24, 2.45) is 0 Å². The number of benzene rings is 1. The van der Waals surface area contributed by atoms with E-state index in [0.29, 0.717) is 43.3 Å². The second kappa shape index (κ2) is 8.58. The molecule has 1 aromatic carbocycles. The van der Waals surface area contributed by atoms with E-state index in [4.69, 9.17) is 4.42 Å². The zero-order chi connectivity index (χ0) is 21.2. The number of piperazine rings is 1. The summed E-state index contributed by atoms with van der Waals surface area (Å²) in [5, 5.41) is 12.6. The Morgan fingerprint density at radius 3 is 2.61 bits per heavy atom. The van der Waals surface area contributed by atoms with Gasteiger partial charge in [0.25, 0.3) is 5.91 Å². The molecule has 3 aromatic rings. The third kappa shape index (κ3) is 3.85. The molecule has 1 aliphatic carbocycles. The first-order valence-electron chi connectivity index (χ1n) is 10.9. The lowest BCUT2D eigenvalue weighted by atomic mass is 10.0. The molecule has 31 heavy (non-hydrogen) atoms. The second-order valence-electron chi connectivity index (χ2n) is 8.30. The van der Waals surface area contributed by atoms with Crippen molar-refractivity contribution >= 4 is 5.91 Å². The fourth-order valence-electron chi connectivity index (χ4n) is 4.89. The Bertz CT molecular complexity index is 1020. The predicted octanol–water partition coefficient (Wildman–Crippen LogP) is 1.65. The second-order valence-corrected chi connectivity index (χ2v) is 8.30. The first-order valence-corrected chi connectivity index (χ1v) is 10.9. The van der Waals surface area contributed by atoms with Crippen LogP contribution >= 0.6 is 0 Å². The summed E-state index contributed by atoms with van der Waals surface area (Å²) in [6.45, 7) is 2.46. The predicted molar refractivity (Wildman–Crippen MR) is 109 cm³/mol. The minimum Gasteiger partial charge on any atom is -0.459 e. The third-order valence-electron chi connectivity index (χ3n) is 6.50. The molecule has 0 spiro atoms. The highest BCUT2D eigenvalue weighted by molar-refractivity contribution is 5.91. The Kier molecular flexibility index (Phi) is 5.50. The van der Waals surface area contributed by atoms with E-state index in [1.54, 1.807) is 23.1 Å². The fourth-order valence-corrected chi connectivity index (χ4v) is 4.89. The van der Waals surface area contributed by atoms with E-state index < -0.39 is 0 Å². The summed E-state index contributed by atoms with van der Waals surface area (Å²) in [5.74, 6) is 0.689. The van der Waals surface area contributed by atoms with Crippen molar-refractivity contribution in [1.82, 2.24) is 25.1 Å². The highest BCUT2D eigenvalue weighted by atomic mass is 19.1. The van der Waals surface area contributed by atoms with Crippen LogP contribution < -0.4 is 4.90 Å². The number of rotatable bonds is 5. The van der Waals surface area contributed by atoms with Crippen molar-refractivity contribution in [2.45, 2.75) is 37.8 Å². The normalized spacial score (nSPS) is 19.1. The van der Waals surface area contributed by atoms with E-state index in [0.717, 1.165) is 30.6 Å². The van der Waals surface area contributed by atoms with E-state index in [1.807, 2.05) is 16.8 Å². The first-order chi connectivity index (χ1) is 15.2. The van der Waals surface area contributed by atoms with Gasteiger partial charge in [-0.05, 0) is 47.5 Å². The highest BCUT2D eigenvalue weighted by Gasteiger charge is 2.38. The highest BCUT2D eigenvalue weighted by Crippen LogP contribution is 2.31. The lowest BCUT2D eigenvalue weighted by molar-refractivity contribution is -0.930. The molecule has 3 heterocycles. The van der Waals surface area contributed by atoms with Crippen LogP contribution in [0.5, 0.6) is 0 Å². The number of furan rings is 1. The Hall–Kier alpha value is -3.07. The molecule has 162 valence electrons. The van der Waals surface area contributed by atoms with Crippen LogP contribution in [0.3, 0.4) is 0 Å². The van der Waals surface area contributed by atoms with E-state index >= 15 is 0 Å². The van der Waals surface area contributed by atoms with Crippen LogP contribution in [-0.2, 0) is 0 Å². The Morgan fingerprint density at radius 2 is 1.90 bits per heavy atom. The van der Waals surface area contributed by atoms with E-state index in [2.05, 4.69) is 15.5 Å². The van der Waals surface area contributed by atoms with Crippen LogP contribution in [0.2, 0.25) is 0 Å². The molecule has 1 saturated heterocycles. The summed E-state index contributed by atoms with van der Waals surface area (Å²) < 4.78 is 22.1. The van der Waals surface area contributed by atoms with Gasteiger partial charge in [-0.15, -0.1) is 5.10 Å². The van der Waals surface area contributed by atoms with Crippen molar-refractivity contribution in [3.05, 3.63) is 65.6 Å². The van der Waals surface area contributed by atoms with Gasteiger partial charge in [-0.2, -0.15) is 0 Å². The topological polar surface area (TPSA) is 81.5 Å². The number of tetrazole rings is 1. The van der Waals surface area contributed by atoms with Gasteiger partial charge < -0.3 is 14.2 Å². The molecule has 1 amide bonds. The fraction of sp³-hybridized carbons (Fsp3) is 0.455. The number of hydrogen-bond donors (Lipinski definition) is 1. The number of carbonyl (C=O) groups is 1. The Balaban J connectivity index is 1.42. The minimum atomic E-state index is -0.322. The molecular weight excluding hydrogens is 399 g/mol. The number of nitrogens with zero attached hydrogens (tertiary/aromatic N) is 5. The van der Waals surface area contributed by atoms with Gasteiger partial charge in [0, 0.05) is 0 Å². The van der Waals surface area contributed by atoms with Crippen molar-refractivity contribution < 1.29 is 18.5 Å². The molecule has 1 aliphatic heterocycles. The standard InChI is InChI=1S/C22H25FN6O2/c23-18-9-4-3-8-17(18)20(21-24-25-26-29(21)16-6-1-2-7-16)27-11-13-28(14-12-27)22(30)19-10-5-15-31-19/h3-5,8-10,15-16,20H,1-2,6-7,11-14H2/p+1/t20-/m0/s1. The minimum absolute atomic E-state index is 0.109. The van der Waals surface area contributed by atoms with Crippen LogP contribution in [0, 0.1) is 5.82 Å². The van der Waals surface area contributed by atoms with Gasteiger partial charge in [0.15, 0.2) is 11.8 Å². The molecule has 2 aromatic heterocycles. The van der Waals surface area contributed by atoms with Crippen molar-refractivity contribution in [3.8, 4) is 0 Å². The number of halogens is 1. The van der Waals surface area contributed by atoms with Gasteiger partial charge >= 0.3 is 0 Å². The van der Waals surface area contributed by atoms with Gasteiger partial charge in [0.05, 0.1) is 44.0 Å². The van der Waals surface area contributed by atoms with E-state index in [9.17, 15) is 9.18 Å². The maximum absolute atomic E-state index is 14.9. The van der Waals surface area contributed by atoms with Crippen LogP contribution in [0.25, 0.3) is 0 Å². The van der Waals surface area contributed by atoms with E-state index in [1.165, 1.54) is 12.3 Å². The molecule has 1 N–H and O–H groups in total. The summed E-state index contributed by atoms with van der Waals surface area (Å²) in [7, 11) is 0. The summed E-state index contributed by atoms with van der Waals surface area (Å²) in [6, 6.07) is 10.2. The number of carbonyl (C=O) groups excluding carboxylic acids is 1. The Labute approximate surface area is 179 Å². The molecule has 5 rings (SSSR count). The molecule has 0 bridgehead atoms. The van der Waals surface area contributed by atoms with Crippen LogP contribution in [0.4, 0.5) is 4.39 Å². The molecule has 2 fully saturated rings. The van der Waals surface area contributed by atoms with Crippen molar-refractivity contribution in [2.75, 3.05) is 26.2 Å². The maximum Gasteiger partial charge on any atom is 0.289 e. The first kappa shape index (κ1) is 19.9. The van der Waals surface area contributed by atoms with Gasteiger partial charge in [-0.3, -0.25) is 4.79 Å². The summed E-state index contributed by atoms with van der Waals surface area (Å²) in [4.78, 5) is 15.6. The lowest BCUT2D eigenvalue weighted by Gasteiger charge is -2.36. The van der Waals surface area contributed by atoms with Crippen molar-refractivity contribution in [3.63, 3.8) is 0 Å². The molecule has 1 atom stereocenters. The zero-order valence-electron chi connectivity index (χ0n) is 17.3. The largest absolute Gasteiger partial charge is 0.459 e. The molecular formula is C22H26FN6O2+. The van der Waals surface area contributed by atoms with Crippen LogP contribution in [0.15, 0.2) is 47.1 Å². The molecule has 0 unspecified atom stereocenters. The van der Waals surface area contributed by atoms with Crippen LogP contribution in [-0.4, -0.2) is 57.2 Å². The quantitative estimate of drug-likeness (QED) is 0.672. The van der Waals surface area contributed by atoms with Crippen molar-refractivity contribution in [1.29, 1.82) is 0 Å². The zero-order valence-corrected chi connectivity index (χ0v) is 17.3. The number of nitrogens with one attached hydrogen (secondary N) is 1. The van der Waals surface area contributed by atoms with Crippen LogP contribution in [0.1, 0.15) is 59.7 Å². The number of amides is 1. The maximum atomic E-state index is 14.9. The number of hydrogen-bond acceptors (Lipinski definition) is 5. The van der Waals surface area contributed by atoms with Gasteiger partial charge in [-0.1, -0.05) is 25.0 Å². The molecule has 2 aliphatic rings. The lowest BCUT2D eigenvalue weighted by Crippen LogP contribution is -3.15. The summed E-state index contributed by atoms with van der Waals surface area (Å²) >= 11 is 0. The molecule has 1 saturated carbocycles. The molecule has 9 heteroatoms. The average Bonchev–Trinajstić information content (AvgIpc) is 3.57.